The van der Waals surface area contributed by atoms with Crippen molar-refractivity contribution in [3.63, 3.8) is 0 Å². The van der Waals surface area contributed by atoms with Gasteiger partial charge >= 0.3 is 0 Å². The van der Waals surface area contributed by atoms with E-state index in [1.807, 2.05) is 24.3 Å². The number of benzene rings is 1. The summed E-state index contributed by atoms with van der Waals surface area (Å²) in [4.78, 5) is 15.7. The second-order valence-corrected chi connectivity index (χ2v) is 5.12. The number of amides is 1. The molecule has 1 amide bonds. The third-order valence-corrected chi connectivity index (χ3v) is 3.33. The third kappa shape index (κ3) is 3.23. The summed E-state index contributed by atoms with van der Waals surface area (Å²) < 4.78 is 0. The van der Waals surface area contributed by atoms with E-state index in [1.165, 1.54) is 12.8 Å². The van der Waals surface area contributed by atoms with Crippen LogP contribution < -0.4 is 5.73 Å². The monoisotopic (exact) mass is 247 g/mol. The zero-order valence-corrected chi connectivity index (χ0v) is 11.1. The minimum atomic E-state index is 0.149. The molecule has 1 aromatic rings. The maximum absolute atomic E-state index is 11.8. The van der Waals surface area contributed by atoms with Crippen molar-refractivity contribution in [3.8, 4) is 0 Å². The van der Waals surface area contributed by atoms with Gasteiger partial charge in [-0.1, -0.05) is 18.2 Å². The highest BCUT2D eigenvalue weighted by atomic mass is 16.2. The molecule has 0 saturated heterocycles. The lowest BCUT2D eigenvalue weighted by molar-refractivity contribution is -0.130. The Balaban J connectivity index is 2.03. The van der Waals surface area contributed by atoms with E-state index in [-0.39, 0.29) is 5.91 Å². The highest BCUT2D eigenvalue weighted by Crippen LogP contribution is 2.29. The molecule has 2 N–H and O–H groups in total. The van der Waals surface area contributed by atoms with Gasteiger partial charge in [0.05, 0.1) is 6.54 Å². The second-order valence-electron chi connectivity index (χ2n) is 5.12. The fourth-order valence-electron chi connectivity index (χ4n) is 1.97. The normalized spacial score (nSPS) is 14.8. The van der Waals surface area contributed by atoms with Gasteiger partial charge < -0.3 is 10.6 Å². The Morgan fingerprint density at radius 2 is 2.00 bits per heavy atom. The van der Waals surface area contributed by atoms with Crippen molar-refractivity contribution in [2.45, 2.75) is 25.4 Å². The summed E-state index contributed by atoms with van der Waals surface area (Å²) in [6.07, 6.45) is 2.38. The third-order valence-electron chi connectivity index (χ3n) is 3.33. The van der Waals surface area contributed by atoms with Crippen LogP contribution in [0.1, 0.15) is 18.4 Å². The topological polar surface area (TPSA) is 49.6 Å². The number of anilines is 1. The van der Waals surface area contributed by atoms with Gasteiger partial charge in [-0.25, -0.2) is 0 Å². The molecule has 4 heteroatoms. The van der Waals surface area contributed by atoms with Crippen LogP contribution in [0.25, 0.3) is 0 Å². The summed E-state index contributed by atoms with van der Waals surface area (Å²) in [5.74, 6) is 0.149. The lowest BCUT2D eigenvalue weighted by Crippen LogP contribution is -2.37. The van der Waals surface area contributed by atoms with Gasteiger partial charge in [-0.3, -0.25) is 9.69 Å². The largest absolute Gasteiger partial charge is 0.398 e. The van der Waals surface area contributed by atoms with E-state index in [0.29, 0.717) is 12.6 Å². The number of nitrogens with two attached hydrogens (primary N) is 1. The number of carbonyl (C=O) groups is 1. The lowest BCUT2D eigenvalue weighted by Gasteiger charge is -2.23. The summed E-state index contributed by atoms with van der Waals surface area (Å²) in [5.41, 5.74) is 7.87. The minimum absolute atomic E-state index is 0.149. The molecule has 4 nitrogen and oxygen atoms in total. The highest BCUT2D eigenvalue weighted by Gasteiger charge is 2.30. The number of para-hydroxylation sites is 1. The van der Waals surface area contributed by atoms with E-state index in [9.17, 15) is 4.79 Å². The first-order valence-corrected chi connectivity index (χ1v) is 6.35. The Hall–Kier alpha value is -1.55. The maximum Gasteiger partial charge on any atom is 0.236 e. The number of nitrogen functional groups attached to an aromatic ring is 1. The molecule has 0 heterocycles. The van der Waals surface area contributed by atoms with Crippen LogP contribution in [-0.2, 0) is 11.3 Å². The van der Waals surface area contributed by atoms with Gasteiger partial charge in [-0.15, -0.1) is 0 Å². The molecule has 2 rings (SSSR count). The number of rotatable bonds is 5. The van der Waals surface area contributed by atoms with Crippen molar-refractivity contribution < 1.29 is 4.79 Å². The first-order chi connectivity index (χ1) is 8.58. The van der Waals surface area contributed by atoms with Crippen molar-refractivity contribution in [1.29, 1.82) is 0 Å². The fourth-order valence-corrected chi connectivity index (χ4v) is 1.97. The predicted octanol–water partition coefficient (Wildman–Crippen LogP) is 1.32. The molecule has 0 bridgehead atoms. The van der Waals surface area contributed by atoms with E-state index in [2.05, 4.69) is 4.90 Å². The van der Waals surface area contributed by atoms with Crippen LogP contribution in [0, 0.1) is 0 Å². The first-order valence-electron chi connectivity index (χ1n) is 6.35. The zero-order chi connectivity index (χ0) is 13.1. The smallest absolute Gasteiger partial charge is 0.236 e. The van der Waals surface area contributed by atoms with Crippen LogP contribution in [0.5, 0.6) is 0 Å². The summed E-state index contributed by atoms with van der Waals surface area (Å²) in [7, 11) is 3.59. The van der Waals surface area contributed by atoms with Crippen molar-refractivity contribution in [2.75, 3.05) is 26.4 Å². The SMILES string of the molecule is CN(C)C(=O)CN(Cc1ccccc1N)C1CC1. The van der Waals surface area contributed by atoms with E-state index < -0.39 is 0 Å². The van der Waals surface area contributed by atoms with Gasteiger partial charge in [0.2, 0.25) is 5.91 Å². The van der Waals surface area contributed by atoms with E-state index in [4.69, 9.17) is 5.73 Å². The van der Waals surface area contributed by atoms with Gasteiger partial charge in [-0.05, 0) is 24.5 Å². The Kier molecular flexibility index (Phi) is 3.87. The minimum Gasteiger partial charge on any atom is -0.398 e. The standard InChI is InChI=1S/C14H21N3O/c1-16(2)14(18)10-17(12-7-8-12)9-11-5-3-4-6-13(11)15/h3-6,12H,7-10,15H2,1-2H3. The Morgan fingerprint density at radius 1 is 1.33 bits per heavy atom. The Morgan fingerprint density at radius 3 is 2.56 bits per heavy atom. The molecule has 0 radical (unpaired) electrons. The van der Waals surface area contributed by atoms with Crippen LogP contribution in [-0.4, -0.2) is 42.4 Å². The van der Waals surface area contributed by atoms with E-state index in [0.717, 1.165) is 17.8 Å². The van der Waals surface area contributed by atoms with Crippen LogP contribution in [0.2, 0.25) is 0 Å². The quantitative estimate of drug-likeness (QED) is 0.798. The predicted molar refractivity (Wildman–Crippen MR) is 73.0 cm³/mol. The zero-order valence-electron chi connectivity index (χ0n) is 11.1. The fraction of sp³-hybridized carbons (Fsp3) is 0.500. The van der Waals surface area contributed by atoms with Gasteiger partial charge in [0.15, 0.2) is 0 Å². The highest BCUT2D eigenvalue weighted by molar-refractivity contribution is 5.77. The second kappa shape index (κ2) is 5.40. The van der Waals surface area contributed by atoms with Gasteiger partial charge in [-0.2, -0.15) is 0 Å². The van der Waals surface area contributed by atoms with Crippen molar-refractivity contribution in [1.82, 2.24) is 9.80 Å². The van der Waals surface area contributed by atoms with Crippen molar-refractivity contribution in [2.24, 2.45) is 0 Å². The number of hydrogen-bond acceptors (Lipinski definition) is 3. The summed E-state index contributed by atoms with van der Waals surface area (Å²) in [6, 6.07) is 8.42. The number of likely N-dealkylation sites (N-methyl/N-ethyl adjacent to an activating group) is 1. The molecule has 0 spiro atoms. The molecule has 1 fully saturated rings. The van der Waals surface area contributed by atoms with Crippen molar-refractivity contribution >= 4 is 11.6 Å². The Bertz CT molecular complexity index is 427. The summed E-state index contributed by atoms with van der Waals surface area (Å²) in [5, 5.41) is 0. The van der Waals surface area contributed by atoms with Gasteiger partial charge in [0, 0.05) is 32.4 Å². The molecule has 0 atom stereocenters. The molecule has 1 saturated carbocycles. The average Bonchev–Trinajstić information content (AvgIpc) is 3.14. The van der Waals surface area contributed by atoms with Crippen LogP contribution in [0.4, 0.5) is 5.69 Å². The Labute approximate surface area is 108 Å². The van der Waals surface area contributed by atoms with Gasteiger partial charge in [0.1, 0.15) is 0 Å². The average molecular weight is 247 g/mol. The molecule has 98 valence electrons. The lowest BCUT2D eigenvalue weighted by atomic mass is 10.1. The van der Waals surface area contributed by atoms with Crippen LogP contribution in [0.15, 0.2) is 24.3 Å². The van der Waals surface area contributed by atoms with E-state index in [1.54, 1.807) is 19.0 Å². The molecule has 18 heavy (non-hydrogen) atoms. The molecular formula is C14H21N3O. The molecule has 1 aliphatic carbocycles. The van der Waals surface area contributed by atoms with Gasteiger partial charge in [0.25, 0.3) is 0 Å². The first kappa shape index (κ1) is 12.9. The molecule has 0 unspecified atom stereocenters. The molecule has 0 aromatic heterocycles. The number of carbonyl (C=O) groups excluding carboxylic acids is 1. The maximum atomic E-state index is 11.8. The molecule has 1 aromatic carbocycles. The van der Waals surface area contributed by atoms with Crippen molar-refractivity contribution in [3.05, 3.63) is 29.8 Å². The van der Waals surface area contributed by atoms with Crippen LogP contribution >= 0.6 is 0 Å². The molecule has 0 aliphatic heterocycles. The van der Waals surface area contributed by atoms with E-state index >= 15 is 0 Å². The number of hydrogen-bond donors (Lipinski definition) is 1. The molecule has 1 aliphatic rings. The summed E-state index contributed by atoms with van der Waals surface area (Å²) >= 11 is 0. The molecular weight excluding hydrogens is 226 g/mol. The van der Waals surface area contributed by atoms with Crippen LogP contribution in [0.3, 0.4) is 0 Å². The summed E-state index contributed by atoms with van der Waals surface area (Å²) in [6.45, 7) is 1.24. The number of nitrogens with zero attached hydrogens (tertiary/aromatic N) is 2.